The molecular formula is C37H50N4O4. The second-order valence-electron chi connectivity index (χ2n) is 13.6. The maximum atomic E-state index is 14.4. The number of alkyl carbamates (subject to hydrolysis) is 1. The topological polar surface area (TPSA) is 85.7 Å². The van der Waals surface area contributed by atoms with Crippen molar-refractivity contribution in [2.24, 2.45) is 11.8 Å². The van der Waals surface area contributed by atoms with E-state index in [0.717, 1.165) is 48.2 Å². The number of amides is 2. The predicted molar refractivity (Wildman–Crippen MR) is 179 cm³/mol. The summed E-state index contributed by atoms with van der Waals surface area (Å²) in [5.41, 5.74) is 5.07. The zero-order valence-corrected chi connectivity index (χ0v) is 27.8. The van der Waals surface area contributed by atoms with Crippen molar-refractivity contribution in [3.05, 3.63) is 66.0 Å². The van der Waals surface area contributed by atoms with Crippen molar-refractivity contribution in [2.75, 3.05) is 25.6 Å². The number of rotatable bonds is 9. The van der Waals surface area contributed by atoms with Gasteiger partial charge in [0, 0.05) is 43.0 Å². The van der Waals surface area contributed by atoms with Crippen LogP contribution in [0.1, 0.15) is 95.2 Å². The molecule has 0 radical (unpaired) electrons. The van der Waals surface area contributed by atoms with E-state index in [1.165, 1.54) is 11.1 Å². The molecule has 8 nitrogen and oxygen atoms in total. The van der Waals surface area contributed by atoms with E-state index in [1.807, 2.05) is 17.8 Å². The number of nitrogens with one attached hydrogen (secondary N) is 1. The first kappa shape index (κ1) is 32.6. The van der Waals surface area contributed by atoms with Crippen molar-refractivity contribution in [3.63, 3.8) is 0 Å². The molecule has 0 aliphatic heterocycles. The van der Waals surface area contributed by atoms with Crippen LogP contribution < -0.4 is 15.0 Å². The monoisotopic (exact) mass is 614 g/mol. The fraction of sp³-hybridized carbons (Fsp3) is 0.541. The molecule has 0 unspecified atom stereocenters. The van der Waals surface area contributed by atoms with E-state index >= 15 is 0 Å². The van der Waals surface area contributed by atoms with E-state index in [9.17, 15) is 9.59 Å². The fourth-order valence-electron chi connectivity index (χ4n) is 7.11. The Morgan fingerprint density at radius 1 is 1.04 bits per heavy atom. The Bertz CT molecular complexity index is 1460. The number of carbonyl (C=O) groups excluding carboxylic acids is 2. The van der Waals surface area contributed by atoms with Crippen LogP contribution >= 0.6 is 0 Å². The first-order valence-electron chi connectivity index (χ1n) is 16.6. The summed E-state index contributed by atoms with van der Waals surface area (Å²) in [6.45, 7) is 9.03. The normalized spacial score (nSPS) is 23.4. The van der Waals surface area contributed by atoms with Crippen molar-refractivity contribution in [1.29, 1.82) is 0 Å². The summed E-state index contributed by atoms with van der Waals surface area (Å²) in [4.78, 5) is 28.4. The van der Waals surface area contributed by atoms with Crippen LogP contribution in [-0.4, -0.2) is 48.1 Å². The molecule has 2 aliphatic rings. The molecule has 2 saturated carbocycles. The summed E-state index contributed by atoms with van der Waals surface area (Å²) in [6.07, 6.45) is 10.7. The van der Waals surface area contributed by atoms with Gasteiger partial charge in [0.1, 0.15) is 11.4 Å². The van der Waals surface area contributed by atoms with E-state index in [4.69, 9.17) is 9.47 Å². The van der Waals surface area contributed by atoms with E-state index < -0.39 is 11.7 Å². The van der Waals surface area contributed by atoms with Crippen molar-refractivity contribution < 1.29 is 19.1 Å². The van der Waals surface area contributed by atoms with Crippen molar-refractivity contribution >= 4 is 17.7 Å². The molecule has 1 heterocycles. The Hall–Kier alpha value is -3.81. The Kier molecular flexibility index (Phi) is 10.2. The number of carbonyl (C=O) groups is 2. The molecule has 0 atom stereocenters. The number of ether oxygens (including phenoxy) is 2. The Labute approximate surface area is 268 Å². The molecule has 2 fully saturated rings. The van der Waals surface area contributed by atoms with Gasteiger partial charge in [0.2, 0.25) is 5.91 Å². The first-order chi connectivity index (χ1) is 21.6. The van der Waals surface area contributed by atoms with Gasteiger partial charge < -0.3 is 19.7 Å². The third kappa shape index (κ3) is 7.71. The van der Waals surface area contributed by atoms with E-state index in [0.29, 0.717) is 44.1 Å². The van der Waals surface area contributed by atoms with Gasteiger partial charge in [0.05, 0.1) is 13.3 Å². The van der Waals surface area contributed by atoms with Crippen LogP contribution in [0, 0.1) is 18.8 Å². The lowest BCUT2D eigenvalue weighted by atomic mass is 9.77. The average Bonchev–Trinajstić information content (AvgIpc) is 3.55. The summed E-state index contributed by atoms with van der Waals surface area (Å²) in [5.74, 6) is 1.98. The molecule has 1 N–H and O–H groups in total. The summed E-state index contributed by atoms with van der Waals surface area (Å²) < 4.78 is 13.1. The summed E-state index contributed by atoms with van der Waals surface area (Å²) in [6, 6.07) is 15.2. The molecule has 2 aliphatic carbocycles. The first-order valence-corrected chi connectivity index (χ1v) is 16.6. The molecule has 1 aromatic heterocycles. The van der Waals surface area contributed by atoms with Gasteiger partial charge >= 0.3 is 6.09 Å². The van der Waals surface area contributed by atoms with Crippen LogP contribution in [-0.2, 0) is 9.53 Å². The SMILES string of the molecule is CNC(=O)OC1(C)CCC(C(=O)N(C[C@H]2CC[C@H](c3ccc(OC)c(C)c3)CC2)c2cccc(-c3cnn(C(C)C)c3)c2)CC1. The number of hydrogen-bond donors (Lipinski definition) is 1. The predicted octanol–water partition coefficient (Wildman–Crippen LogP) is 8.06. The number of aromatic nitrogens is 2. The van der Waals surface area contributed by atoms with Crippen LogP contribution in [0.4, 0.5) is 10.5 Å². The quantitative estimate of drug-likeness (QED) is 0.264. The molecule has 5 rings (SSSR count). The van der Waals surface area contributed by atoms with Crippen molar-refractivity contribution in [2.45, 2.75) is 96.6 Å². The number of anilines is 1. The molecule has 0 saturated heterocycles. The van der Waals surface area contributed by atoms with Crippen LogP contribution in [0.3, 0.4) is 0 Å². The molecule has 242 valence electrons. The maximum Gasteiger partial charge on any atom is 0.407 e. The van der Waals surface area contributed by atoms with Gasteiger partial charge in [-0.1, -0.05) is 24.3 Å². The molecule has 2 amide bonds. The third-order valence-corrected chi connectivity index (χ3v) is 10.0. The zero-order valence-electron chi connectivity index (χ0n) is 27.8. The number of hydrogen-bond acceptors (Lipinski definition) is 5. The van der Waals surface area contributed by atoms with Crippen LogP contribution in [0.25, 0.3) is 11.1 Å². The highest BCUT2D eigenvalue weighted by Crippen LogP contribution is 2.40. The number of aryl methyl sites for hydroxylation is 1. The lowest BCUT2D eigenvalue weighted by Gasteiger charge is -2.39. The maximum absolute atomic E-state index is 14.4. The Balaban J connectivity index is 1.33. The van der Waals surface area contributed by atoms with Crippen molar-refractivity contribution in [3.8, 4) is 16.9 Å². The van der Waals surface area contributed by atoms with Gasteiger partial charge in [-0.05, 0) is 126 Å². The highest BCUT2D eigenvalue weighted by atomic mass is 16.6. The molecule has 2 aromatic carbocycles. The third-order valence-electron chi connectivity index (χ3n) is 10.0. The highest BCUT2D eigenvalue weighted by molar-refractivity contribution is 5.95. The summed E-state index contributed by atoms with van der Waals surface area (Å²) in [5, 5.41) is 7.10. The van der Waals surface area contributed by atoms with Crippen LogP contribution in [0.15, 0.2) is 54.9 Å². The molecular weight excluding hydrogens is 564 g/mol. The van der Waals surface area contributed by atoms with Gasteiger partial charge in [0.25, 0.3) is 0 Å². The minimum absolute atomic E-state index is 0.0997. The van der Waals surface area contributed by atoms with Crippen LogP contribution in [0.2, 0.25) is 0 Å². The van der Waals surface area contributed by atoms with E-state index in [2.05, 4.69) is 84.7 Å². The Morgan fingerprint density at radius 3 is 2.40 bits per heavy atom. The second-order valence-corrected chi connectivity index (χ2v) is 13.6. The van der Waals surface area contributed by atoms with Crippen molar-refractivity contribution in [1.82, 2.24) is 15.1 Å². The minimum Gasteiger partial charge on any atom is -0.496 e. The minimum atomic E-state index is -0.545. The van der Waals surface area contributed by atoms with Gasteiger partial charge in [0.15, 0.2) is 0 Å². The molecule has 45 heavy (non-hydrogen) atoms. The Morgan fingerprint density at radius 2 is 1.78 bits per heavy atom. The average molecular weight is 615 g/mol. The number of nitrogens with zero attached hydrogens (tertiary/aromatic N) is 3. The summed E-state index contributed by atoms with van der Waals surface area (Å²) >= 11 is 0. The molecule has 0 bridgehead atoms. The highest BCUT2D eigenvalue weighted by Gasteiger charge is 2.39. The fourth-order valence-corrected chi connectivity index (χ4v) is 7.11. The standard InChI is InChI=1S/C37H50N4O4/c1-25(2)41-24-32(22-39-41)30-8-7-9-33(21-30)40(35(42)29-16-18-37(4,19-17-29)45-36(43)38-5)23-27-10-12-28(13-11-27)31-14-15-34(44-6)26(3)20-31/h7-9,14-15,20-22,24-25,27-29H,10-13,16-19,23H2,1-6H3,(H,38,43)/t27-,28-,29?,37?. The van der Waals surface area contributed by atoms with Gasteiger partial charge in [-0.2, -0.15) is 5.10 Å². The summed E-state index contributed by atoms with van der Waals surface area (Å²) in [7, 11) is 3.30. The van der Waals surface area contributed by atoms with Gasteiger partial charge in [-0.25, -0.2) is 4.79 Å². The lowest BCUT2D eigenvalue weighted by Crippen LogP contribution is -2.45. The molecule has 8 heteroatoms. The smallest absolute Gasteiger partial charge is 0.407 e. The largest absolute Gasteiger partial charge is 0.496 e. The van der Waals surface area contributed by atoms with Gasteiger partial charge in [-0.3, -0.25) is 9.48 Å². The molecule has 0 spiro atoms. The second kappa shape index (κ2) is 14.1. The number of methoxy groups -OCH3 is 1. The van der Waals surface area contributed by atoms with E-state index in [-0.39, 0.29) is 17.9 Å². The van der Waals surface area contributed by atoms with E-state index in [1.54, 1.807) is 14.2 Å². The lowest BCUT2D eigenvalue weighted by molar-refractivity contribution is -0.125. The molecule has 3 aromatic rings. The zero-order chi connectivity index (χ0) is 32.1. The van der Waals surface area contributed by atoms with Crippen LogP contribution in [0.5, 0.6) is 5.75 Å². The van der Waals surface area contributed by atoms with Gasteiger partial charge in [-0.15, -0.1) is 0 Å². The number of benzene rings is 2.